The van der Waals surface area contributed by atoms with Crippen molar-refractivity contribution in [1.82, 2.24) is 0 Å². The van der Waals surface area contributed by atoms with Crippen molar-refractivity contribution in [2.45, 2.75) is 37.8 Å². The fourth-order valence-corrected chi connectivity index (χ4v) is 2.67. The first-order chi connectivity index (χ1) is 10.1. The Morgan fingerprint density at radius 3 is 2.71 bits per heavy atom. The molecule has 0 aromatic heterocycles. The summed E-state index contributed by atoms with van der Waals surface area (Å²) in [5.74, 6) is 0. The molecule has 21 heavy (non-hydrogen) atoms. The monoisotopic (exact) mass is 313 g/mol. The standard InChI is InChI=1S/C14H20ClN3O3/c15-13-9-11(18(19)20)3-6-14(13)17-7-8-21-12-4-1-10(16)2-5-12/h3,6,9-10,12,17H,1-2,4-5,7-8,16H2. The van der Waals surface area contributed by atoms with Gasteiger partial charge in [-0.1, -0.05) is 11.6 Å². The fourth-order valence-electron chi connectivity index (χ4n) is 2.43. The van der Waals surface area contributed by atoms with Crippen molar-refractivity contribution >= 4 is 23.0 Å². The zero-order chi connectivity index (χ0) is 15.2. The molecule has 1 aliphatic rings. The second-order valence-electron chi connectivity index (χ2n) is 5.26. The number of nitrogens with zero attached hydrogens (tertiary/aromatic N) is 1. The highest BCUT2D eigenvalue weighted by molar-refractivity contribution is 6.33. The van der Waals surface area contributed by atoms with Gasteiger partial charge in [0.2, 0.25) is 0 Å². The van der Waals surface area contributed by atoms with Crippen molar-refractivity contribution in [3.8, 4) is 0 Å². The number of benzene rings is 1. The first-order valence-corrected chi connectivity index (χ1v) is 7.49. The molecule has 2 rings (SSSR count). The van der Waals surface area contributed by atoms with Crippen LogP contribution >= 0.6 is 11.6 Å². The van der Waals surface area contributed by atoms with E-state index in [4.69, 9.17) is 22.1 Å². The number of nitro groups is 1. The molecule has 0 atom stereocenters. The Hall–Kier alpha value is -1.37. The maximum absolute atomic E-state index is 10.6. The summed E-state index contributed by atoms with van der Waals surface area (Å²) in [6.07, 6.45) is 4.36. The Morgan fingerprint density at radius 1 is 1.38 bits per heavy atom. The molecule has 0 radical (unpaired) electrons. The van der Waals surface area contributed by atoms with E-state index in [1.165, 1.54) is 12.1 Å². The van der Waals surface area contributed by atoms with Crippen LogP contribution in [0.25, 0.3) is 0 Å². The van der Waals surface area contributed by atoms with E-state index < -0.39 is 4.92 Å². The number of rotatable bonds is 6. The SMILES string of the molecule is NC1CCC(OCCNc2ccc([N+](=O)[O-])cc2Cl)CC1. The molecule has 116 valence electrons. The van der Waals surface area contributed by atoms with Crippen LogP contribution in [0.15, 0.2) is 18.2 Å². The molecule has 0 heterocycles. The molecule has 0 amide bonds. The smallest absolute Gasteiger partial charge is 0.271 e. The first kappa shape index (κ1) is 16.0. The Morgan fingerprint density at radius 2 is 2.10 bits per heavy atom. The Kier molecular flexibility index (Phi) is 5.78. The largest absolute Gasteiger partial charge is 0.382 e. The van der Waals surface area contributed by atoms with Gasteiger partial charge in [-0.05, 0) is 31.7 Å². The number of hydrogen-bond acceptors (Lipinski definition) is 5. The average molecular weight is 314 g/mol. The maximum atomic E-state index is 10.6. The highest BCUT2D eigenvalue weighted by Gasteiger charge is 2.18. The lowest BCUT2D eigenvalue weighted by Gasteiger charge is -2.26. The van der Waals surface area contributed by atoms with E-state index in [-0.39, 0.29) is 5.69 Å². The maximum Gasteiger partial charge on any atom is 0.271 e. The van der Waals surface area contributed by atoms with Crippen LogP contribution in [0.5, 0.6) is 0 Å². The summed E-state index contributed by atoms with van der Waals surface area (Å²) in [5.41, 5.74) is 6.51. The lowest BCUT2D eigenvalue weighted by atomic mass is 9.94. The minimum atomic E-state index is -0.466. The van der Waals surface area contributed by atoms with Gasteiger partial charge in [0.1, 0.15) is 0 Å². The molecule has 7 heteroatoms. The van der Waals surface area contributed by atoms with Gasteiger partial charge in [0.05, 0.1) is 28.3 Å². The summed E-state index contributed by atoms with van der Waals surface area (Å²) in [4.78, 5) is 10.2. The van der Waals surface area contributed by atoms with Gasteiger partial charge in [0.15, 0.2) is 0 Å². The number of nitro benzene ring substituents is 1. The van der Waals surface area contributed by atoms with Crippen molar-refractivity contribution in [3.63, 3.8) is 0 Å². The van der Waals surface area contributed by atoms with Crippen LogP contribution in [-0.4, -0.2) is 30.2 Å². The number of ether oxygens (including phenoxy) is 1. The predicted molar refractivity (Wildman–Crippen MR) is 82.8 cm³/mol. The van der Waals surface area contributed by atoms with Gasteiger partial charge < -0.3 is 15.8 Å². The van der Waals surface area contributed by atoms with E-state index in [0.29, 0.717) is 36.0 Å². The van der Waals surface area contributed by atoms with Gasteiger partial charge >= 0.3 is 0 Å². The topological polar surface area (TPSA) is 90.4 Å². The van der Waals surface area contributed by atoms with Crippen LogP contribution in [-0.2, 0) is 4.74 Å². The first-order valence-electron chi connectivity index (χ1n) is 7.11. The Balaban J connectivity index is 1.72. The van der Waals surface area contributed by atoms with E-state index in [1.807, 2.05) is 0 Å². The second kappa shape index (κ2) is 7.59. The molecule has 1 aromatic carbocycles. The van der Waals surface area contributed by atoms with Crippen LogP contribution < -0.4 is 11.1 Å². The minimum Gasteiger partial charge on any atom is -0.382 e. The summed E-state index contributed by atoms with van der Waals surface area (Å²) < 4.78 is 5.79. The number of anilines is 1. The van der Waals surface area contributed by atoms with Crippen molar-refractivity contribution in [1.29, 1.82) is 0 Å². The highest BCUT2D eigenvalue weighted by atomic mass is 35.5. The van der Waals surface area contributed by atoms with Crippen LogP contribution in [0, 0.1) is 10.1 Å². The third-order valence-electron chi connectivity index (χ3n) is 3.65. The molecule has 0 bridgehead atoms. The molecule has 6 nitrogen and oxygen atoms in total. The molecule has 1 fully saturated rings. The van der Waals surface area contributed by atoms with Gasteiger partial charge in [-0.25, -0.2) is 0 Å². The zero-order valence-electron chi connectivity index (χ0n) is 11.8. The fraction of sp³-hybridized carbons (Fsp3) is 0.571. The van der Waals surface area contributed by atoms with E-state index in [0.717, 1.165) is 25.7 Å². The number of nitrogens with one attached hydrogen (secondary N) is 1. The quantitative estimate of drug-likeness (QED) is 0.478. The lowest BCUT2D eigenvalue weighted by molar-refractivity contribution is -0.384. The van der Waals surface area contributed by atoms with Gasteiger partial charge in [-0.3, -0.25) is 10.1 Å². The van der Waals surface area contributed by atoms with E-state index >= 15 is 0 Å². The third-order valence-corrected chi connectivity index (χ3v) is 3.97. The zero-order valence-corrected chi connectivity index (χ0v) is 12.5. The lowest BCUT2D eigenvalue weighted by Crippen LogP contribution is -2.31. The van der Waals surface area contributed by atoms with E-state index in [2.05, 4.69) is 5.32 Å². The van der Waals surface area contributed by atoms with Crippen LogP contribution in [0.4, 0.5) is 11.4 Å². The van der Waals surface area contributed by atoms with Gasteiger partial charge in [0.25, 0.3) is 5.69 Å². The summed E-state index contributed by atoms with van der Waals surface area (Å²) in [7, 11) is 0. The summed E-state index contributed by atoms with van der Waals surface area (Å²) >= 11 is 6.00. The number of hydrogen-bond donors (Lipinski definition) is 2. The molecule has 0 unspecified atom stereocenters. The molecule has 3 N–H and O–H groups in total. The van der Waals surface area contributed by atoms with Crippen LogP contribution in [0.3, 0.4) is 0 Å². The third kappa shape index (κ3) is 4.84. The van der Waals surface area contributed by atoms with Crippen molar-refractivity contribution < 1.29 is 9.66 Å². The molecule has 1 aliphatic carbocycles. The van der Waals surface area contributed by atoms with Gasteiger partial charge in [-0.2, -0.15) is 0 Å². The summed E-state index contributed by atoms with van der Waals surface area (Å²) in [6.45, 7) is 1.19. The minimum absolute atomic E-state index is 0.0136. The van der Waals surface area contributed by atoms with Crippen molar-refractivity contribution in [2.24, 2.45) is 5.73 Å². The number of halogens is 1. The summed E-state index contributed by atoms with van der Waals surface area (Å²) in [5, 5.41) is 14.1. The number of non-ortho nitro benzene ring substituents is 1. The van der Waals surface area contributed by atoms with Gasteiger partial charge in [-0.15, -0.1) is 0 Å². The molecule has 0 spiro atoms. The number of nitrogens with two attached hydrogens (primary N) is 1. The van der Waals surface area contributed by atoms with Crippen molar-refractivity contribution in [2.75, 3.05) is 18.5 Å². The molecule has 0 aliphatic heterocycles. The van der Waals surface area contributed by atoms with E-state index in [9.17, 15) is 10.1 Å². The van der Waals surface area contributed by atoms with Crippen LogP contribution in [0.2, 0.25) is 5.02 Å². The molecular weight excluding hydrogens is 294 g/mol. The van der Waals surface area contributed by atoms with E-state index in [1.54, 1.807) is 6.07 Å². The molecular formula is C14H20ClN3O3. The van der Waals surface area contributed by atoms with Gasteiger partial charge in [0, 0.05) is 24.7 Å². The second-order valence-corrected chi connectivity index (χ2v) is 5.66. The van der Waals surface area contributed by atoms with Crippen molar-refractivity contribution in [3.05, 3.63) is 33.3 Å². The molecule has 1 aromatic rings. The molecule has 1 saturated carbocycles. The average Bonchev–Trinajstić information content (AvgIpc) is 2.46. The van der Waals surface area contributed by atoms with Crippen LogP contribution in [0.1, 0.15) is 25.7 Å². The highest BCUT2D eigenvalue weighted by Crippen LogP contribution is 2.26. The molecule has 0 saturated heterocycles. The Bertz CT molecular complexity index is 490. The normalized spacial score (nSPS) is 22.0. The summed E-state index contributed by atoms with van der Waals surface area (Å²) in [6, 6.07) is 4.70. The Labute approximate surface area is 128 Å². The predicted octanol–water partition coefficient (Wildman–Crippen LogP) is 2.95.